The van der Waals surface area contributed by atoms with Gasteiger partial charge < -0.3 is 14.2 Å². The van der Waals surface area contributed by atoms with Gasteiger partial charge in [-0.05, 0) is 63.8 Å². The molecule has 1 fully saturated rings. The van der Waals surface area contributed by atoms with Crippen molar-refractivity contribution < 1.29 is 9.63 Å². The molecule has 6 nitrogen and oxygen atoms in total. The van der Waals surface area contributed by atoms with Gasteiger partial charge in [0.25, 0.3) is 5.89 Å². The third-order valence-corrected chi connectivity index (χ3v) is 7.43. The molecule has 156 valence electrons. The Morgan fingerprint density at radius 3 is 2.87 bits per heavy atom. The number of rotatable bonds is 3. The predicted octanol–water partition coefficient (Wildman–Crippen LogP) is 4.24. The maximum Gasteiger partial charge on any atom is 0.258 e. The van der Waals surface area contributed by atoms with Gasteiger partial charge in [-0.15, -0.1) is 0 Å². The van der Waals surface area contributed by atoms with E-state index >= 15 is 0 Å². The van der Waals surface area contributed by atoms with Crippen molar-refractivity contribution in [2.45, 2.75) is 58.1 Å². The number of hydrogen-bond acceptors (Lipinski definition) is 5. The average molecular weight is 405 g/mol. The summed E-state index contributed by atoms with van der Waals surface area (Å²) >= 11 is 0. The highest BCUT2D eigenvalue weighted by Crippen LogP contribution is 2.57. The van der Waals surface area contributed by atoms with Crippen LogP contribution in [0.1, 0.15) is 69.0 Å². The Kier molecular flexibility index (Phi) is 3.70. The maximum atomic E-state index is 10.4. The fourth-order valence-corrected chi connectivity index (χ4v) is 6.02. The predicted molar refractivity (Wildman–Crippen MR) is 115 cm³/mol. The van der Waals surface area contributed by atoms with E-state index in [-0.39, 0.29) is 11.3 Å². The van der Waals surface area contributed by atoms with Crippen molar-refractivity contribution >= 4 is 16.6 Å². The van der Waals surface area contributed by atoms with Crippen LogP contribution >= 0.6 is 0 Å². The number of aromatic nitrogens is 3. The van der Waals surface area contributed by atoms with Crippen molar-refractivity contribution in [2.75, 3.05) is 13.1 Å². The van der Waals surface area contributed by atoms with E-state index in [0.29, 0.717) is 11.9 Å². The van der Waals surface area contributed by atoms with Crippen LogP contribution in [0.4, 0.5) is 0 Å². The molecule has 0 unspecified atom stereocenters. The SMILES string of the molecule is CC[C@@]12C=C(c3noc(C(C)(C)O)n3)n3c4c(c5ccccc53)CCN(CCC1)[C@H]42. The molecule has 6 rings (SSSR count). The fourth-order valence-electron chi connectivity index (χ4n) is 6.02. The summed E-state index contributed by atoms with van der Waals surface area (Å²) in [7, 11) is 0. The van der Waals surface area contributed by atoms with Gasteiger partial charge >= 0.3 is 0 Å². The summed E-state index contributed by atoms with van der Waals surface area (Å²) in [5.41, 5.74) is 4.00. The van der Waals surface area contributed by atoms with Gasteiger partial charge in [-0.3, -0.25) is 4.90 Å². The Morgan fingerprint density at radius 2 is 2.10 bits per heavy atom. The van der Waals surface area contributed by atoms with Crippen molar-refractivity contribution in [3.63, 3.8) is 0 Å². The van der Waals surface area contributed by atoms with Crippen molar-refractivity contribution in [3.8, 4) is 0 Å². The third kappa shape index (κ3) is 2.32. The Hall–Kier alpha value is -2.44. The van der Waals surface area contributed by atoms with Gasteiger partial charge in [0.2, 0.25) is 5.82 Å². The van der Waals surface area contributed by atoms with Gasteiger partial charge in [-0.25, -0.2) is 0 Å². The molecule has 0 aliphatic carbocycles. The largest absolute Gasteiger partial charge is 0.381 e. The van der Waals surface area contributed by atoms with Gasteiger partial charge in [-0.2, -0.15) is 4.98 Å². The summed E-state index contributed by atoms with van der Waals surface area (Å²) in [6, 6.07) is 9.09. The Labute approximate surface area is 176 Å². The first-order valence-electron chi connectivity index (χ1n) is 11.1. The molecule has 30 heavy (non-hydrogen) atoms. The van der Waals surface area contributed by atoms with E-state index in [1.54, 1.807) is 13.8 Å². The summed E-state index contributed by atoms with van der Waals surface area (Å²) in [5, 5.41) is 16.0. The minimum atomic E-state index is -1.16. The second-order valence-corrected chi connectivity index (χ2v) is 9.61. The maximum absolute atomic E-state index is 10.4. The highest BCUT2D eigenvalue weighted by molar-refractivity contribution is 5.91. The molecule has 0 amide bonds. The highest BCUT2D eigenvalue weighted by atomic mass is 16.5. The summed E-state index contributed by atoms with van der Waals surface area (Å²) in [5.74, 6) is 0.811. The van der Waals surface area contributed by atoms with Crippen molar-refractivity contribution in [1.29, 1.82) is 0 Å². The number of benzene rings is 1. The molecule has 1 N–H and O–H groups in total. The minimum Gasteiger partial charge on any atom is -0.381 e. The zero-order valence-electron chi connectivity index (χ0n) is 17.9. The van der Waals surface area contributed by atoms with E-state index in [1.807, 2.05) is 0 Å². The second kappa shape index (κ2) is 6.05. The summed E-state index contributed by atoms with van der Waals surface area (Å²) < 4.78 is 7.85. The number of fused-ring (bicyclic) bond motifs is 3. The quantitative estimate of drug-likeness (QED) is 0.707. The number of para-hydroxylation sites is 1. The molecule has 2 atom stereocenters. The van der Waals surface area contributed by atoms with E-state index in [0.717, 1.165) is 25.1 Å². The number of hydrogen-bond donors (Lipinski definition) is 1. The molecule has 5 heterocycles. The topological polar surface area (TPSA) is 67.3 Å². The zero-order chi connectivity index (χ0) is 20.7. The summed E-state index contributed by atoms with van der Waals surface area (Å²) in [4.78, 5) is 7.32. The molecular weight excluding hydrogens is 376 g/mol. The van der Waals surface area contributed by atoms with Gasteiger partial charge in [0.1, 0.15) is 5.60 Å². The first kappa shape index (κ1) is 18.3. The van der Waals surface area contributed by atoms with E-state index < -0.39 is 5.60 Å². The first-order valence-corrected chi connectivity index (χ1v) is 11.1. The molecule has 2 aromatic heterocycles. The lowest BCUT2D eigenvalue weighted by molar-refractivity contribution is 0.0271. The van der Waals surface area contributed by atoms with Crippen molar-refractivity contribution in [3.05, 3.63) is 53.3 Å². The Bertz CT molecular complexity index is 1180. The van der Waals surface area contributed by atoms with E-state index in [9.17, 15) is 5.11 Å². The molecule has 0 bridgehead atoms. The lowest BCUT2D eigenvalue weighted by Gasteiger charge is -2.53. The highest BCUT2D eigenvalue weighted by Gasteiger charge is 2.50. The molecule has 1 aromatic carbocycles. The van der Waals surface area contributed by atoms with Gasteiger partial charge in [0, 0.05) is 23.0 Å². The molecule has 0 radical (unpaired) electrons. The van der Waals surface area contributed by atoms with Crippen LogP contribution in [0.3, 0.4) is 0 Å². The van der Waals surface area contributed by atoms with Crippen LogP contribution in [0.15, 0.2) is 34.9 Å². The normalized spacial score (nSPS) is 26.0. The molecule has 0 saturated carbocycles. The fraction of sp³-hybridized carbons (Fsp3) is 0.500. The van der Waals surface area contributed by atoms with Crippen LogP contribution in [-0.4, -0.2) is 37.8 Å². The number of nitrogens with zero attached hydrogens (tertiary/aromatic N) is 4. The average Bonchev–Trinajstić information content (AvgIpc) is 3.36. The molecule has 3 aliphatic heterocycles. The van der Waals surface area contributed by atoms with Crippen LogP contribution in [0.2, 0.25) is 0 Å². The third-order valence-electron chi connectivity index (χ3n) is 7.43. The Morgan fingerprint density at radius 1 is 1.27 bits per heavy atom. The van der Waals surface area contributed by atoms with Gasteiger partial charge in [-0.1, -0.05) is 30.3 Å². The standard InChI is InChI=1S/C24H28N4O2/c1-4-24-11-7-12-27-13-10-16-15-8-5-6-9-17(15)28(19(16)20(24)27)18(14-24)21-25-22(30-26-21)23(2,3)29/h5-6,8-9,14,20,29H,4,7,10-13H2,1-3H3/t20-,24+/m1/s1. The monoisotopic (exact) mass is 404 g/mol. The van der Waals surface area contributed by atoms with E-state index in [4.69, 9.17) is 4.52 Å². The van der Waals surface area contributed by atoms with Gasteiger partial charge in [0.05, 0.1) is 17.3 Å². The smallest absolute Gasteiger partial charge is 0.258 e. The lowest BCUT2D eigenvalue weighted by atomic mass is 9.66. The first-order chi connectivity index (χ1) is 14.4. The van der Waals surface area contributed by atoms with Crippen LogP contribution in [0, 0.1) is 5.41 Å². The van der Waals surface area contributed by atoms with Gasteiger partial charge in [0.15, 0.2) is 0 Å². The molecule has 6 heteroatoms. The van der Waals surface area contributed by atoms with Crippen LogP contribution in [-0.2, 0) is 12.0 Å². The van der Waals surface area contributed by atoms with Crippen LogP contribution in [0.5, 0.6) is 0 Å². The van der Waals surface area contributed by atoms with Crippen molar-refractivity contribution in [2.24, 2.45) is 5.41 Å². The Balaban J connectivity index is 1.67. The number of piperidine rings is 1. The second-order valence-electron chi connectivity index (χ2n) is 9.61. The van der Waals surface area contributed by atoms with E-state index in [2.05, 4.69) is 56.9 Å². The zero-order valence-corrected chi connectivity index (χ0v) is 17.9. The minimum absolute atomic E-state index is 0.0721. The lowest BCUT2D eigenvalue weighted by Crippen LogP contribution is -2.50. The van der Waals surface area contributed by atoms with E-state index in [1.165, 1.54) is 41.5 Å². The summed E-state index contributed by atoms with van der Waals surface area (Å²) in [6.07, 6.45) is 6.95. The molecule has 0 spiro atoms. The molecule has 1 saturated heterocycles. The van der Waals surface area contributed by atoms with Crippen LogP contribution < -0.4 is 0 Å². The summed E-state index contributed by atoms with van der Waals surface area (Å²) in [6.45, 7) is 7.95. The number of aliphatic hydroxyl groups is 1. The molecular formula is C24H28N4O2. The molecule has 3 aromatic rings. The van der Waals surface area contributed by atoms with Crippen molar-refractivity contribution in [1.82, 2.24) is 19.6 Å². The van der Waals surface area contributed by atoms with Crippen LogP contribution in [0.25, 0.3) is 16.6 Å². The molecule has 3 aliphatic rings.